The fraction of sp³-hybridized carbons (Fsp3) is 0.333. The lowest BCUT2D eigenvalue weighted by atomic mass is 10.1. The molecule has 0 saturated carbocycles. The minimum atomic E-state index is -0.750. The average molecular weight is 355 g/mol. The topological polar surface area (TPSA) is 64.6 Å². The van der Waals surface area contributed by atoms with Gasteiger partial charge >= 0.3 is 5.97 Å². The Kier molecular flexibility index (Phi) is 7.68. The van der Waals surface area contributed by atoms with E-state index in [0.717, 1.165) is 18.4 Å². The van der Waals surface area contributed by atoms with Crippen molar-refractivity contribution in [3.63, 3.8) is 0 Å². The highest BCUT2D eigenvalue weighted by Crippen LogP contribution is 2.14. The highest BCUT2D eigenvalue weighted by molar-refractivity contribution is 5.97. The normalized spacial score (nSPS) is 11.5. The molecule has 0 heterocycles. The van der Waals surface area contributed by atoms with Crippen LogP contribution in [0.2, 0.25) is 0 Å². The van der Waals surface area contributed by atoms with Gasteiger partial charge in [-0.05, 0) is 30.2 Å². The molecule has 5 nitrogen and oxygen atoms in total. The second-order valence-corrected chi connectivity index (χ2v) is 5.97. The van der Waals surface area contributed by atoms with Crippen LogP contribution >= 0.6 is 0 Å². The number of benzene rings is 2. The van der Waals surface area contributed by atoms with E-state index in [1.807, 2.05) is 36.4 Å². The molecular weight excluding hydrogens is 330 g/mol. The number of unbranched alkanes of at least 4 members (excludes halogenated alkanes) is 1. The number of nitrogens with one attached hydrogen (secondary N) is 1. The molecule has 1 N–H and O–H groups in total. The molecule has 1 amide bonds. The SMILES string of the molecule is CCCCOc1cccc(C(=O)NC(Cc2ccccc2)C(=O)OC)c1. The standard InChI is InChI=1S/C21H25NO4/c1-3-4-13-26-18-12-8-11-17(15-18)20(23)22-19(21(24)25-2)14-16-9-6-5-7-10-16/h5-12,15,19H,3-4,13-14H2,1-2H3,(H,22,23). The van der Waals surface area contributed by atoms with Crippen LogP contribution in [-0.4, -0.2) is 31.6 Å². The van der Waals surface area contributed by atoms with E-state index in [1.54, 1.807) is 18.2 Å². The molecule has 0 aliphatic heterocycles. The lowest BCUT2D eigenvalue weighted by Gasteiger charge is -2.17. The van der Waals surface area contributed by atoms with Crippen molar-refractivity contribution < 1.29 is 19.1 Å². The lowest BCUT2D eigenvalue weighted by Crippen LogP contribution is -2.43. The van der Waals surface area contributed by atoms with Gasteiger partial charge in [-0.25, -0.2) is 4.79 Å². The van der Waals surface area contributed by atoms with Crippen molar-refractivity contribution in [1.82, 2.24) is 5.32 Å². The number of carbonyl (C=O) groups is 2. The molecule has 0 bridgehead atoms. The molecule has 0 fully saturated rings. The Balaban J connectivity index is 2.06. The summed E-state index contributed by atoms with van der Waals surface area (Å²) in [7, 11) is 1.31. The number of amides is 1. The molecule has 1 atom stereocenters. The predicted octanol–water partition coefficient (Wildman–Crippen LogP) is 3.38. The monoisotopic (exact) mass is 355 g/mol. The van der Waals surface area contributed by atoms with Crippen LogP contribution < -0.4 is 10.1 Å². The largest absolute Gasteiger partial charge is 0.494 e. The van der Waals surface area contributed by atoms with Crippen molar-refractivity contribution in [2.24, 2.45) is 0 Å². The summed E-state index contributed by atoms with van der Waals surface area (Å²) in [4.78, 5) is 24.6. The smallest absolute Gasteiger partial charge is 0.328 e. The first-order chi connectivity index (χ1) is 12.6. The van der Waals surface area contributed by atoms with Crippen molar-refractivity contribution in [2.45, 2.75) is 32.2 Å². The fourth-order valence-electron chi connectivity index (χ4n) is 2.49. The van der Waals surface area contributed by atoms with E-state index >= 15 is 0 Å². The predicted molar refractivity (Wildman–Crippen MR) is 100 cm³/mol. The summed E-state index contributed by atoms with van der Waals surface area (Å²) < 4.78 is 10.5. The first-order valence-electron chi connectivity index (χ1n) is 8.79. The fourth-order valence-corrected chi connectivity index (χ4v) is 2.49. The Morgan fingerprint density at radius 1 is 1.08 bits per heavy atom. The van der Waals surface area contributed by atoms with Crippen LogP contribution in [0.25, 0.3) is 0 Å². The Labute approximate surface area is 154 Å². The van der Waals surface area contributed by atoms with Gasteiger partial charge in [0.05, 0.1) is 13.7 Å². The third-order valence-corrected chi connectivity index (χ3v) is 3.94. The van der Waals surface area contributed by atoms with E-state index in [0.29, 0.717) is 24.3 Å². The van der Waals surface area contributed by atoms with Gasteiger partial charge in [-0.15, -0.1) is 0 Å². The van der Waals surface area contributed by atoms with Gasteiger partial charge in [-0.1, -0.05) is 49.7 Å². The van der Waals surface area contributed by atoms with Crippen molar-refractivity contribution in [1.29, 1.82) is 0 Å². The van der Waals surface area contributed by atoms with Crippen LogP contribution in [0.4, 0.5) is 0 Å². The number of methoxy groups -OCH3 is 1. The molecule has 2 aromatic carbocycles. The molecule has 2 rings (SSSR count). The van der Waals surface area contributed by atoms with E-state index in [1.165, 1.54) is 7.11 Å². The highest BCUT2D eigenvalue weighted by atomic mass is 16.5. The molecule has 138 valence electrons. The van der Waals surface area contributed by atoms with Crippen molar-refractivity contribution in [3.05, 3.63) is 65.7 Å². The van der Waals surface area contributed by atoms with Crippen LogP contribution in [0, 0.1) is 0 Å². The second-order valence-electron chi connectivity index (χ2n) is 5.97. The van der Waals surface area contributed by atoms with Crippen LogP contribution in [0.15, 0.2) is 54.6 Å². The molecule has 5 heteroatoms. The van der Waals surface area contributed by atoms with Gasteiger partial charge in [-0.3, -0.25) is 4.79 Å². The van der Waals surface area contributed by atoms with Gasteiger partial charge in [0.2, 0.25) is 0 Å². The summed E-state index contributed by atoms with van der Waals surface area (Å²) in [6, 6.07) is 15.7. The van der Waals surface area contributed by atoms with E-state index in [-0.39, 0.29) is 5.91 Å². The highest BCUT2D eigenvalue weighted by Gasteiger charge is 2.22. The van der Waals surface area contributed by atoms with E-state index < -0.39 is 12.0 Å². The molecule has 0 aromatic heterocycles. The van der Waals surface area contributed by atoms with Crippen LogP contribution in [0.3, 0.4) is 0 Å². The molecule has 2 aromatic rings. The van der Waals surface area contributed by atoms with Gasteiger partial charge in [-0.2, -0.15) is 0 Å². The molecule has 0 aliphatic carbocycles. The first-order valence-corrected chi connectivity index (χ1v) is 8.79. The van der Waals surface area contributed by atoms with Crippen LogP contribution in [-0.2, 0) is 16.0 Å². The van der Waals surface area contributed by atoms with Crippen molar-refractivity contribution in [3.8, 4) is 5.75 Å². The Bertz CT molecular complexity index is 715. The quantitative estimate of drug-likeness (QED) is 0.553. The van der Waals surface area contributed by atoms with Crippen molar-refractivity contribution in [2.75, 3.05) is 13.7 Å². The number of carbonyl (C=O) groups excluding carboxylic acids is 2. The number of hydrogen-bond acceptors (Lipinski definition) is 4. The van der Waals surface area contributed by atoms with E-state index in [4.69, 9.17) is 9.47 Å². The molecule has 0 saturated heterocycles. The Hall–Kier alpha value is -2.82. The molecule has 26 heavy (non-hydrogen) atoms. The van der Waals surface area contributed by atoms with Gasteiger partial charge in [0, 0.05) is 12.0 Å². The van der Waals surface area contributed by atoms with Crippen molar-refractivity contribution >= 4 is 11.9 Å². The van der Waals surface area contributed by atoms with Crippen LogP contribution in [0.1, 0.15) is 35.7 Å². The number of esters is 1. The van der Waals surface area contributed by atoms with E-state index in [9.17, 15) is 9.59 Å². The second kappa shape index (κ2) is 10.2. The number of hydrogen-bond donors (Lipinski definition) is 1. The van der Waals surface area contributed by atoms with E-state index in [2.05, 4.69) is 12.2 Å². The summed E-state index contributed by atoms with van der Waals surface area (Å²) in [5, 5.41) is 2.76. The zero-order chi connectivity index (χ0) is 18.8. The Morgan fingerprint density at radius 3 is 2.54 bits per heavy atom. The molecule has 1 unspecified atom stereocenters. The van der Waals surface area contributed by atoms with Gasteiger partial charge in [0.25, 0.3) is 5.91 Å². The zero-order valence-electron chi connectivity index (χ0n) is 15.2. The van der Waals surface area contributed by atoms with Gasteiger partial charge < -0.3 is 14.8 Å². The summed E-state index contributed by atoms with van der Waals surface area (Å²) in [5.41, 5.74) is 1.39. The molecule has 0 radical (unpaired) electrons. The Morgan fingerprint density at radius 2 is 1.85 bits per heavy atom. The molecule has 0 spiro atoms. The maximum Gasteiger partial charge on any atom is 0.328 e. The zero-order valence-corrected chi connectivity index (χ0v) is 15.2. The number of rotatable bonds is 9. The average Bonchev–Trinajstić information content (AvgIpc) is 2.68. The van der Waals surface area contributed by atoms with Gasteiger partial charge in [0.1, 0.15) is 11.8 Å². The first kappa shape index (κ1) is 19.5. The minimum Gasteiger partial charge on any atom is -0.494 e. The minimum absolute atomic E-state index is 0.336. The van der Waals surface area contributed by atoms with Crippen LogP contribution in [0.5, 0.6) is 5.75 Å². The molecular formula is C21H25NO4. The maximum absolute atomic E-state index is 12.6. The summed E-state index contributed by atoms with van der Waals surface area (Å²) in [6.07, 6.45) is 2.37. The van der Waals surface area contributed by atoms with Gasteiger partial charge in [0.15, 0.2) is 0 Å². The maximum atomic E-state index is 12.6. The molecule has 0 aliphatic rings. The number of ether oxygens (including phenoxy) is 2. The lowest BCUT2D eigenvalue weighted by molar-refractivity contribution is -0.142. The summed E-state index contributed by atoms with van der Waals surface area (Å²) in [5.74, 6) is -0.168. The summed E-state index contributed by atoms with van der Waals surface area (Å²) in [6.45, 7) is 2.70. The summed E-state index contributed by atoms with van der Waals surface area (Å²) >= 11 is 0. The third-order valence-electron chi connectivity index (χ3n) is 3.94. The third kappa shape index (κ3) is 5.92.